The van der Waals surface area contributed by atoms with Gasteiger partial charge in [0.2, 0.25) is 0 Å². The number of hydrogen-bond acceptors (Lipinski definition) is 14. The van der Waals surface area contributed by atoms with E-state index >= 15 is 0 Å². The molecule has 0 spiro atoms. The summed E-state index contributed by atoms with van der Waals surface area (Å²) in [4.78, 5) is 13.8. The normalized spacial score (nSPS) is 33.2. The predicted octanol–water partition coefficient (Wildman–Crippen LogP) is 7.35. The van der Waals surface area contributed by atoms with Gasteiger partial charge in [0.05, 0.1) is 63.5 Å². The van der Waals surface area contributed by atoms with Crippen molar-refractivity contribution in [3.8, 4) is 0 Å². The van der Waals surface area contributed by atoms with Crippen molar-refractivity contribution in [3.63, 3.8) is 0 Å². The highest BCUT2D eigenvalue weighted by atomic mass is 16.8. The van der Waals surface area contributed by atoms with Crippen LogP contribution in [0.3, 0.4) is 0 Å². The summed E-state index contributed by atoms with van der Waals surface area (Å²) in [7, 11) is 0. The first-order valence-corrected chi connectivity index (χ1v) is 24.3. The Hall–Kier alpha value is -4.91. The molecule has 4 fully saturated rings. The summed E-state index contributed by atoms with van der Waals surface area (Å²) in [6.45, 7) is 7.40. The van der Waals surface area contributed by atoms with Gasteiger partial charge in [-0.05, 0) is 47.6 Å². The van der Waals surface area contributed by atoms with Gasteiger partial charge < -0.3 is 62.3 Å². The molecular formula is C56H64O14. The minimum atomic E-state index is -1.45. The van der Waals surface area contributed by atoms with Gasteiger partial charge in [0, 0.05) is 5.56 Å². The van der Waals surface area contributed by atoms with Gasteiger partial charge in [-0.15, -0.1) is 0 Å². The Bertz CT molecular complexity index is 2330. The van der Waals surface area contributed by atoms with Gasteiger partial charge >= 0.3 is 5.97 Å². The van der Waals surface area contributed by atoms with E-state index in [1.807, 2.05) is 128 Å². The van der Waals surface area contributed by atoms with Crippen molar-refractivity contribution < 1.29 is 67.1 Å². The van der Waals surface area contributed by atoms with Gasteiger partial charge in [-0.1, -0.05) is 153 Å². The van der Waals surface area contributed by atoms with Crippen LogP contribution < -0.4 is 0 Å². The number of esters is 1. The largest absolute Gasteiger partial charge is 0.450 e. The summed E-state index contributed by atoms with van der Waals surface area (Å²) < 4.78 is 71.5. The molecule has 0 aliphatic carbocycles. The first-order chi connectivity index (χ1) is 34.2. The molecule has 14 nitrogen and oxygen atoms in total. The summed E-state index contributed by atoms with van der Waals surface area (Å²) in [6, 6.07) is 47.1. The third-order valence-corrected chi connectivity index (χ3v) is 13.7. The fraction of sp³-hybridized carbons (Fsp3) is 0.446. The van der Waals surface area contributed by atoms with Crippen LogP contribution >= 0.6 is 0 Å². The maximum atomic E-state index is 13.8. The van der Waals surface area contributed by atoms with Crippen LogP contribution in [0.4, 0.5) is 0 Å². The second-order valence-corrected chi connectivity index (χ2v) is 18.5. The second-order valence-electron chi connectivity index (χ2n) is 18.5. The number of benzene rings is 5. The Morgan fingerprint density at radius 1 is 0.543 bits per heavy atom. The van der Waals surface area contributed by atoms with E-state index in [0.29, 0.717) is 13.2 Å². The number of rotatable bonds is 18. The summed E-state index contributed by atoms with van der Waals surface area (Å²) in [5, 5.41) is 25.0. The van der Waals surface area contributed by atoms with Gasteiger partial charge in [-0.2, -0.15) is 0 Å². The topological polar surface area (TPSA) is 159 Å². The van der Waals surface area contributed by atoms with E-state index in [-0.39, 0.29) is 56.0 Å². The highest BCUT2D eigenvalue weighted by molar-refractivity contribution is 5.89. The molecule has 0 aromatic heterocycles. The maximum Gasteiger partial charge on any atom is 0.338 e. The quantitative estimate of drug-likeness (QED) is 0.0840. The molecule has 70 heavy (non-hydrogen) atoms. The predicted molar refractivity (Wildman–Crippen MR) is 255 cm³/mol. The molecule has 5 aromatic carbocycles. The third-order valence-electron chi connectivity index (χ3n) is 13.7. The van der Waals surface area contributed by atoms with E-state index < -0.39 is 79.8 Å². The highest BCUT2D eigenvalue weighted by Crippen LogP contribution is 2.40. The molecule has 2 N–H and O–H groups in total. The Morgan fingerprint density at radius 3 is 1.69 bits per heavy atom. The minimum Gasteiger partial charge on any atom is -0.450 e. The molecule has 0 amide bonds. The smallest absolute Gasteiger partial charge is 0.338 e. The Labute approximate surface area is 409 Å². The van der Waals surface area contributed by atoms with Crippen molar-refractivity contribution in [1.29, 1.82) is 0 Å². The van der Waals surface area contributed by atoms with Crippen molar-refractivity contribution in [3.05, 3.63) is 179 Å². The van der Waals surface area contributed by atoms with E-state index in [4.69, 9.17) is 52.1 Å². The minimum absolute atomic E-state index is 0.0187. The van der Waals surface area contributed by atoms with Crippen LogP contribution in [0, 0.1) is 11.8 Å². The fourth-order valence-electron chi connectivity index (χ4n) is 9.61. The molecule has 16 atom stereocenters. The molecule has 4 aliphatic rings. The molecule has 7 unspecified atom stereocenters. The van der Waals surface area contributed by atoms with Gasteiger partial charge in [0.1, 0.15) is 42.7 Å². The van der Waals surface area contributed by atoms with Crippen molar-refractivity contribution in [2.24, 2.45) is 11.8 Å². The number of ether oxygens (including phenoxy) is 11. The van der Waals surface area contributed by atoms with E-state index in [0.717, 1.165) is 22.3 Å². The van der Waals surface area contributed by atoms with Gasteiger partial charge in [-0.3, -0.25) is 0 Å². The molecule has 372 valence electrons. The zero-order valence-corrected chi connectivity index (χ0v) is 39.7. The molecule has 4 aliphatic heterocycles. The van der Waals surface area contributed by atoms with Crippen LogP contribution in [0.2, 0.25) is 0 Å². The van der Waals surface area contributed by atoms with E-state index in [1.165, 1.54) is 0 Å². The molecule has 0 bridgehead atoms. The van der Waals surface area contributed by atoms with Gasteiger partial charge in [0.25, 0.3) is 0 Å². The summed E-state index contributed by atoms with van der Waals surface area (Å²) in [6.07, 6.45) is -14.0. The monoisotopic (exact) mass is 960 g/mol. The van der Waals surface area contributed by atoms with Crippen LogP contribution in [0.25, 0.3) is 0 Å². The van der Waals surface area contributed by atoms with Gasteiger partial charge in [-0.25, -0.2) is 4.79 Å². The third kappa shape index (κ3) is 12.2. The molecule has 0 saturated carbocycles. The van der Waals surface area contributed by atoms with Crippen molar-refractivity contribution in [2.45, 2.75) is 127 Å². The number of fused-ring (bicyclic) bond motifs is 1. The lowest BCUT2D eigenvalue weighted by Crippen LogP contribution is -2.67. The Morgan fingerprint density at radius 2 is 1.07 bits per heavy atom. The zero-order valence-electron chi connectivity index (χ0n) is 39.7. The van der Waals surface area contributed by atoms with E-state index in [2.05, 4.69) is 13.8 Å². The SMILES string of the molecule is C[C@@H]1C(COCc2ccccc2)O[C@H](C)C(O[C@H]2OC(COCc3ccccc3)[C@@H](O[C@@H]3OC4COC(c5ccccc5)O[C@H]4[C@H](O)C3OC(=O)c3ccccc3)[C@H](O)C2OCc2ccccc2)[C@H]1C. The lowest BCUT2D eigenvalue weighted by molar-refractivity contribution is -0.391. The summed E-state index contributed by atoms with van der Waals surface area (Å²) >= 11 is 0. The molecule has 5 aromatic rings. The lowest BCUT2D eigenvalue weighted by Gasteiger charge is -2.51. The number of aliphatic hydroxyl groups is 2. The molecule has 0 radical (unpaired) electrons. The first-order valence-electron chi connectivity index (χ1n) is 24.3. The standard InChI is InChI=1S/C56H64O14/c1-35-36(2)48(37(3)64-43(35)32-60-29-38-19-9-4-10-20-38)68-55-51(62-31-40-23-13-6-14-24-40)46(57)49(44(65-55)33-61-30-39-21-11-5-12-22-39)70-56-52(67-53(59)41-25-15-7-16-26-41)47(58)50-45(66-56)34-63-54(69-50)42-27-17-8-18-28-42/h4-28,35-37,43-52,54-58H,29-34H2,1-3H3/t35-,36-,37+,43?,44?,45?,46-,47-,48?,49+,50+,51?,52?,54?,55+,56-/m0/s1. The van der Waals surface area contributed by atoms with Crippen molar-refractivity contribution in [2.75, 3.05) is 19.8 Å². The molecule has 9 rings (SSSR count). The van der Waals surface area contributed by atoms with Crippen LogP contribution in [0.5, 0.6) is 0 Å². The Balaban J connectivity index is 0.985. The lowest BCUT2D eigenvalue weighted by atomic mass is 9.81. The van der Waals surface area contributed by atoms with Crippen LogP contribution in [0.1, 0.15) is 59.7 Å². The maximum absolute atomic E-state index is 13.8. The molecule has 4 heterocycles. The Kier molecular flexibility index (Phi) is 17.2. The van der Waals surface area contributed by atoms with Gasteiger partial charge in [0.15, 0.2) is 25.0 Å². The zero-order chi connectivity index (χ0) is 48.4. The van der Waals surface area contributed by atoms with Crippen LogP contribution in [-0.2, 0) is 71.9 Å². The summed E-state index contributed by atoms with van der Waals surface area (Å²) in [5.41, 5.74) is 3.87. The molecule has 14 heteroatoms. The van der Waals surface area contributed by atoms with E-state index in [1.54, 1.807) is 30.3 Å². The first kappa shape index (κ1) is 50.0. The molecular weight excluding hydrogens is 897 g/mol. The average molecular weight is 961 g/mol. The van der Waals surface area contributed by atoms with Crippen LogP contribution in [-0.4, -0.2) is 116 Å². The number of carbonyl (C=O) groups is 1. The van der Waals surface area contributed by atoms with Crippen molar-refractivity contribution in [1.82, 2.24) is 0 Å². The number of aliphatic hydroxyl groups excluding tert-OH is 2. The summed E-state index contributed by atoms with van der Waals surface area (Å²) in [5.74, 6) is -0.719. The number of carbonyl (C=O) groups excluding carboxylic acids is 1. The van der Waals surface area contributed by atoms with E-state index in [9.17, 15) is 15.0 Å². The average Bonchev–Trinajstić information content (AvgIpc) is 3.40. The fourth-order valence-corrected chi connectivity index (χ4v) is 9.61. The number of hydrogen-bond donors (Lipinski definition) is 2. The van der Waals surface area contributed by atoms with Crippen molar-refractivity contribution >= 4 is 5.97 Å². The van der Waals surface area contributed by atoms with Crippen LogP contribution in [0.15, 0.2) is 152 Å². The second kappa shape index (κ2) is 24.0. The highest BCUT2D eigenvalue weighted by Gasteiger charge is 2.56. The molecule has 4 saturated heterocycles.